The van der Waals surface area contributed by atoms with Crippen LogP contribution in [0.15, 0.2) is 24.3 Å². The Kier molecular flexibility index (Phi) is 8.38. The van der Waals surface area contributed by atoms with Crippen LogP contribution >= 0.6 is 0 Å². The van der Waals surface area contributed by atoms with Crippen LogP contribution in [0.5, 0.6) is 51.7 Å². The number of carbonyl (C=O) groups excluding carboxylic acids is 4. The Balaban J connectivity index is 1.90. The summed E-state index contributed by atoms with van der Waals surface area (Å²) in [4.78, 5) is 51.0. The van der Waals surface area contributed by atoms with Gasteiger partial charge in [-0.05, 0) is 24.3 Å². The van der Waals surface area contributed by atoms with Gasteiger partial charge in [0.2, 0.25) is 11.5 Å². The third-order valence-corrected chi connectivity index (χ3v) is 6.55. The molecule has 0 saturated carbocycles. The van der Waals surface area contributed by atoms with Gasteiger partial charge in [-0.25, -0.2) is 14.4 Å². The summed E-state index contributed by atoms with van der Waals surface area (Å²) >= 11 is 0. The van der Waals surface area contributed by atoms with Gasteiger partial charge in [-0.15, -0.1) is 0 Å². The number of carbonyl (C=O) groups is 4. The fourth-order valence-corrected chi connectivity index (χ4v) is 4.32. The van der Waals surface area contributed by atoms with E-state index in [1.807, 2.05) is 0 Å². The molecule has 0 aliphatic carbocycles. The molecule has 0 bridgehead atoms. The summed E-state index contributed by atoms with van der Waals surface area (Å²) in [6.07, 6.45) is -9.60. The van der Waals surface area contributed by atoms with E-state index in [9.17, 15) is 75.3 Å². The van der Waals surface area contributed by atoms with Gasteiger partial charge in [0, 0.05) is 11.1 Å². The number of esters is 3. The Bertz CT molecular complexity index is 1710. The maximum Gasteiger partial charge on any atom is 0.339 e. The molecule has 1 aliphatic rings. The summed E-state index contributed by atoms with van der Waals surface area (Å²) in [5.74, 6) is -15.3. The number of phenolic OH excluding ortho intramolecular Hbond substituents is 9. The number of aliphatic hydroxyl groups is 2. The summed E-state index contributed by atoms with van der Waals surface area (Å²) < 4.78 is 15.2. The third kappa shape index (κ3) is 5.65. The predicted molar refractivity (Wildman–Crippen MR) is 140 cm³/mol. The van der Waals surface area contributed by atoms with Crippen LogP contribution in [0.4, 0.5) is 0 Å². The fourth-order valence-electron chi connectivity index (χ4n) is 4.32. The van der Waals surface area contributed by atoms with Gasteiger partial charge in [-0.2, -0.15) is 0 Å². The number of rotatable bonds is 5. The molecule has 0 radical (unpaired) electrons. The lowest BCUT2D eigenvalue weighted by Gasteiger charge is -2.31. The maximum atomic E-state index is 13.5. The minimum atomic E-state index is -2.40. The van der Waals surface area contributed by atoms with E-state index in [4.69, 9.17) is 14.2 Å². The zero-order valence-electron chi connectivity index (χ0n) is 22.2. The Hall–Kier alpha value is -6.14. The largest absolute Gasteiger partial charge is 0.504 e. The lowest BCUT2D eigenvalue weighted by Crippen LogP contribution is -2.51. The van der Waals surface area contributed by atoms with Crippen molar-refractivity contribution in [2.45, 2.75) is 24.4 Å². The SMILES string of the molecule is O=C[C@@H](O)[C@@H](OC(=O)c1cc(O)c(O)c(O)c1)[C@@H]1OC(=O)c2cc(O)c(O)c(O)c2-c2c(cc(O)c(O)c2O)C(=O)OC[C@H]1O. The number of hydrogen-bond donors (Lipinski definition) is 11. The number of benzene rings is 3. The van der Waals surface area contributed by atoms with Crippen molar-refractivity contribution in [2.24, 2.45) is 0 Å². The van der Waals surface area contributed by atoms with E-state index in [1.165, 1.54) is 0 Å². The Morgan fingerprint density at radius 2 is 1.22 bits per heavy atom. The number of phenols is 9. The second-order valence-electron chi connectivity index (χ2n) is 9.43. The second-order valence-corrected chi connectivity index (χ2v) is 9.43. The van der Waals surface area contributed by atoms with E-state index in [1.54, 1.807) is 0 Å². The van der Waals surface area contributed by atoms with Gasteiger partial charge >= 0.3 is 17.9 Å². The topological polar surface area (TPSA) is 318 Å². The molecule has 1 aliphatic heterocycles. The first-order valence-corrected chi connectivity index (χ1v) is 12.3. The molecule has 45 heavy (non-hydrogen) atoms. The number of aromatic hydroxyl groups is 9. The molecule has 0 saturated heterocycles. The number of ether oxygens (including phenoxy) is 3. The van der Waals surface area contributed by atoms with Crippen LogP contribution in [-0.2, 0) is 19.0 Å². The van der Waals surface area contributed by atoms with E-state index in [2.05, 4.69) is 0 Å². The summed E-state index contributed by atoms with van der Waals surface area (Å²) in [6, 6.07) is 2.18. The number of hydrogen-bond acceptors (Lipinski definition) is 18. The lowest BCUT2D eigenvalue weighted by atomic mass is 9.92. The first kappa shape index (κ1) is 31.8. The minimum absolute atomic E-state index is 0.218. The van der Waals surface area contributed by atoms with Gasteiger partial charge in [-0.1, -0.05) is 0 Å². The molecule has 11 N–H and O–H groups in total. The molecule has 0 aromatic heterocycles. The van der Waals surface area contributed by atoms with E-state index in [-0.39, 0.29) is 6.29 Å². The van der Waals surface area contributed by atoms with Crippen molar-refractivity contribution in [3.63, 3.8) is 0 Å². The summed E-state index contributed by atoms with van der Waals surface area (Å²) in [5.41, 5.74) is -4.49. The quantitative estimate of drug-likeness (QED) is 0.0732. The molecule has 0 spiro atoms. The van der Waals surface area contributed by atoms with Gasteiger partial charge in [0.05, 0.1) is 16.7 Å². The van der Waals surface area contributed by atoms with Crippen LogP contribution in [-0.4, -0.2) is 111 Å². The van der Waals surface area contributed by atoms with Crippen LogP contribution in [0.2, 0.25) is 0 Å². The van der Waals surface area contributed by atoms with Gasteiger partial charge in [0.15, 0.2) is 58.7 Å². The first-order chi connectivity index (χ1) is 21.1. The molecule has 18 heteroatoms. The van der Waals surface area contributed by atoms with Crippen molar-refractivity contribution >= 4 is 24.2 Å². The molecule has 3 aromatic carbocycles. The molecule has 0 amide bonds. The smallest absolute Gasteiger partial charge is 0.339 e. The highest BCUT2D eigenvalue weighted by Gasteiger charge is 2.43. The Morgan fingerprint density at radius 1 is 0.756 bits per heavy atom. The Labute approximate surface area is 249 Å². The molecule has 0 unspecified atom stereocenters. The van der Waals surface area contributed by atoms with Crippen LogP contribution in [0.1, 0.15) is 31.1 Å². The lowest BCUT2D eigenvalue weighted by molar-refractivity contribution is -0.140. The van der Waals surface area contributed by atoms with E-state index in [0.717, 1.165) is 0 Å². The van der Waals surface area contributed by atoms with Crippen LogP contribution < -0.4 is 0 Å². The molecule has 4 rings (SSSR count). The summed E-state index contributed by atoms with van der Waals surface area (Å²) in [7, 11) is 0. The monoisotopic (exact) mass is 634 g/mol. The molecule has 238 valence electrons. The van der Waals surface area contributed by atoms with Gasteiger partial charge < -0.3 is 75.2 Å². The van der Waals surface area contributed by atoms with Gasteiger partial charge in [0.1, 0.15) is 18.8 Å². The number of fused-ring (bicyclic) bond motifs is 3. The highest BCUT2D eigenvalue weighted by atomic mass is 16.6. The van der Waals surface area contributed by atoms with Crippen LogP contribution in [0.3, 0.4) is 0 Å². The number of aldehydes is 1. The van der Waals surface area contributed by atoms with E-state index >= 15 is 0 Å². The first-order valence-electron chi connectivity index (χ1n) is 12.3. The van der Waals surface area contributed by atoms with E-state index in [0.29, 0.717) is 24.3 Å². The molecule has 3 aromatic rings. The zero-order chi connectivity index (χ0) is 33.5. The average molecular weight is 634 g/mol. The van der Waals surface area contributed by atoms with Crippen LogP contribution in [0.25, 0.3) is 11.1 Å². The standard InChI is InChI=1S/C27H22O18/c28-5-14(33)23(44-25(40)7-1-10(29)18(35)11(30)2-7)24-15(34)6-43-26(41)8-3-12(31)19(36)21(38)16(8)17-9(27(42)45-24)4-13(32)20(37)22(17)39/h1-5,14-15,23-24,29-39H,6H2/t14-,15-,23-,24-/m1/s1. The summed E-state index contributed by atoms with van der Waals surface area (Å²) in [5, 5.41) is 112. The normalized spacial score (nSPS) is 17.8. The number of aliphatic hydroxyl groups excluding tert-OH is 2. The van der Waals surface area contributed by atoms with Crippen molar-refractivity contribution in [1.82, 2.24) is 0 Å². The fraction of sp³-hybridized carbons (Fsp3) is 0.185. The third-order valence-electron chi connectivity index (χ3n) is 6.55. The Morgan fingerprint density at radius 3 is 1.71 bits per heavy atom. The highest BCUT2D eigenvalue weighted by molar-refractivity contribution is 6.08. The maximum absolute atomic E-state index is 13.5. The second kappa shape index (κ2) is 11.9. The summed E-state index contributed by atoms with van der Waals surface area (Å²) in [6.45, 7) is -1.18. The molecular weight excluding hydrogens is 612 g/mol. The highest BCUT2D eigenvalue weighted by Crippen LogP contribution is 2.52. The van der Waals surface area contributed by atoms with Crippen LogP contribution in [0, 0.1) is 0 Å². The van der Waals surface area contributed by atoms with Crippen molar-refractivity contribution in [1.29, 1.82) is 0 Å². The van der Waals surface area contributed by atoms with Crippen molar-refractivity contribution < 1.29 is 89.6 Å². The molecule has 4 atom stereocenters. The zero-order valence-corrected chi connectivity index (χ0v) is 22.2. The van der Waals surface area contributed by atoms with Crippen molar-refractivity contribution in [3.8, 4) is 62.9 Å². The van der Waals surface area contributed by atoms with Crippen molar-refractivity contribution in [3.05, 3.63) is 41.0 Å². The molecule has 1 heterocycles. The number of cyclic esters (lactones) is 2. The molecule has 18 nitrogen and oxygen atoms in total. The van der Waals surface area contributed by atoms with Crippen molar-refractivity contribution in [2.75, 3.05) is 6.61 Å². The molecule has 0 fully saturated rings. The van der Waals surface area contributed by atoms with E-state index < -0.39 is 128 Å². The average Bonchev–Trinajstić information content (AvgIpc) is 3.01. The minimum Gasteiger partial charge on any atom is -0.504 e. The van der Waals surface area contributed by atoms with Gasteiger partial charge in [0.25, 0.3) is 0 Å². The predicted octanol–water partition coefficient (Wildman–Crippen LogP) is -0.454. The molecular formula is C27H22O18. The van der Waals surface area contributed by atoms with Gasteiger partial charge in [-0.3, -0.25) is 0 Å².